The van der Waals surface area contributed by atoms with Gasteiger partial charge in [-0.25, -0.2) is 0 Å². The summed E-state index contributed by atoms with van der Waals surface area (Å²) in [6, 6.07) is 4.68. The van der Waals surface area contributed by atoms with Crippen LogP contribution >= 0.6 is 11.3 Å². The first-order valence-electron chi connectivity index (χ1n) is 8.47. The van der Waals surface area contributed by atoms with E-state index in [1.54, 1.807) is 0 Å². The van der Waals surface area contributed by atoms with Crippen molar-refractivity contribution in [1.29, 1.82) is 0 Å². The predicted molar refractivity (Wildman–Crippen MR) is 91.6 cm³/mol. The largest absolute Gasteiger partial charge is 0.338 e. The SMILES string of the molecule is Cc1cnn(C[C@@H]2CCCN2C(=O)[C@H]2C[C@@H]2c2ccc(C)s2)c1. The lowest BCUT2D eigenvalue weighted by atomic mass is 10.2. The first kappa shape index (κ1) is 14.9. The van der Waals surface area contributed by atoms with E-state index < -0.39 is 0 Å². The Balaban J connectivity index is 1.41. The normalized spacial score (nSPS) is 26.7. The van der Waals surface area contributed by atoms with Crippen molar-refractivity contribution < 1.29 is 4.79 Å². The summed E-state index contributed by atoms with van der Waals surface area (Å²) >= 11 is 1.84. The van der Waals surface area contributed by atoms with Gasteiger partial charge in [0, 0.05) is 34.3 Å². The zero-order chi connectivity index (χ0) is 16.0. The highest BCUT2D eigenvalue weighted by Gasteiger charge is 2.48. The molecule has 122 valence electrons. The minimum atomic E-state index is 0.216. The van der Waals surface area contributed by atoms with Gasteiger partial charge >= 0.3 is 0 Å². The van der Waals surface area contributed by atoms with Crippen molar-refractivity contribution in [3.05, 3.63) is 39.8 Å². The van der Waals surface area contributed by atoms with Gasteiger partial charge in [0.05, 0.1) is 18.8 Å². The fourth-order valence-electron chi connectivity index (χ4n) is 3.75. The molecule has 1 aliphatic carbocycles. The molecule has 2 aromatic heterocycles. The van der Waals surface area contributed by atoms with E-state index in [0.717, 1.165) is 32.4 Å². The predicted octanol–water partition coefficient (Wildman–Crippen LogP) is 3.36. The second-order valence-electron chi connectivity index (χ2n) is 6.96. The van der Waals surface area contributed by atoms with Crippen LogP contribution in [0.3, 0.4) is 0 Å². The van der Waals surface area contributed by atoms with Crippen LogP contribution in [0.4, 0.5) is 0 Å². The lowest BCUT2D eigenvalue weighted by Crippen LogP contribution is -2.39. The van der Waals surface area contributed by atoms with E-state index >= 15 is 0 Å². The molecule has 4 nitrogen and oxygen atoms in total. The number of thiophene rings is 1. The molecule has 2 aliphatic rings. The Kier molecular flexibility index (Phi) is 3.76. The summed E-state index contributed by atoms with van der Waals surface area (Å²) < 4.78 is 1.98. The number of hydrogen-bond donors (Lipinski definition) is 0. The number of amides is 1. The van der Waals surface area contributed by atoms with Gasteiger partial charge in [-0.1, -0.05) is 0 Å². The number of aryl methyl sites for hydroxylation is 2. The third-order valence-electron chi connectivity index (χ3n) is 5.05. The maximum atomic E-state index is 12.9. The lowest BCUT2D eigenvalue weighted by molar-refractivity contribution is -0.133. The molecule has 4 rings (SSSR count). The van der Waals surface area contributed by atoms with Gasteiger partial charge in [0.15, 0.2) is 0 Å². The van der Waals surface area contributed by atoms with Gasteiger partial charge in [0.25, 0.3) is 0 Å². The van der Waals surface area contributed by atoms with Crippen LogP contribution in [0.25, 0.3) is 0 Å². The lowest BCUT2D eigenvalue weighted by Gasteiger charge is -2.25. The second kappa shape index (κ2) is 5.78. The zero-order valence-corrected chi connectivity index (χ0v) is 14.6. The van der Waals surface area contributed by atoms with Gasteiger partial charge < -0.3 is 4.90 Å². The molecule has 1 saturated heterocycles. The molecule has 3 atom stereocenters. The Morgan fingerprint density at radius 1 is 1.39 bits per heavy atom. The maximum Gasteiger partial charge on any atom is 0.226 e. The van der Waals surface area contributed by atoms with E-state index in [-0.39, 0.29) is 5.92 Å². The average molecular weight is 329 g/mol. The summed E-state index contributed by atoms with van der Waals surface area (Å²) in [6.45, 7) is 5.93. The van der Waals surface area contributed by atoms with Gasteiger partial charge in [-0.15, -0.1) is 11.3 Å². The summed E-state index contributed by atoms with van der Waals surface area (Å²) in [5.74, 6) is 1.05. The van der Waals surface area contributed by atoms with E-state index in [0.29, 0.717) is 17.9 Å². The minimum absolute atomic E-state index is 0.216. The van der Waals surface area contributed by atoms with Crippen molar-refractivity contribution in [2.45, 2.75) is 51.6 Å². The van der Waals surface area contributed by atoms with Crippen molar-refractivity contribution >= 4 is 17.2 Å². The van der Waals surface area contributed by atoms with Crippen LogP contribution < -0.4 is 0 Å². The highest BCUT2D eigenvalue weighted by atomic mass is 32.1. The highest BCUT2D eigenvalue weighted by Crippen LogP contribution is 2.51. The molecule has 0 radical (unpaired) electrons. The number of nitrogens with zero attached hydrogens (tertiary/aromatic N) is 3. The van der Waals surface area contributed by atoms with Crippen LogP contribution in [0.15, 0.2) is 24.5 Å². The van der Waals surface area contributed by atoms with E-state index in [1.165, 1.54) is 15.3 Å². The molecule has 1 saturated carbocycles. The number of hydrogen-bond acceptors (Lipinski definition) is 3. The maximum absolute atomic E-state index is 12.9. The molecule has 2 fully saturated rings. The van der Waals surface area contributed by atoms with Gasteiger partial charge in [0.1, 0.15) is 0 Å². The van der Waals surface area contributed by atoms with Crippen molar-refractivity contribution in [2.24, 2.45) is 5.92 Å². The minimum Gasteiger partial charge on any atom is -0.338 e. The molecule has 23 heavy (non-hydrogen) atoms. The van der Waals surface area contributed by atoms with E-state index in [2.05, 4.69) is 42.2 Å². The molecule has 0 N–H and O–H groups in total. The van der Waals surface area contributed by atoms with Crippen LogP contribution in [-0.2, 0) is 11.3 Å². The summed E-state index contributed by atoms with van der Waals surface area (Å²) in [7, 11) is 0. The van der Waals surface area contributed by atoms with Gasteiger partial charge in [-0.2, -0.15) is 5.10 Å². The number of rotatable bonds is 4. The zero-order valence-electron chi connectivity index (χ0n) is 13.7. The molecular formula is C18H23N3OS. The van der Waals surface area contributed by atoms with Gasteiger partial charge in [0.2, 0.25) is 5.91 Å². The van der Waals surface area contributed by atoms with Gasteiger partial charge in [-0.3, -0.25) is 9.48 Å². The van der Waals surface area contributed by atoms with Crippen LogP contribution in [-0.4, -0.2) is 33.2 Å². The van der Waals surface area contributed by atoms with Crippen LogP contribution in [0.1, 0.15) is 40.5 Å². The highest BCUT2D eigenvalue weighted by molar-refractivity contribution is 7.12. The Hall–Kier alpha value is -1.62. The molecule has 2 aromatic rings. The first-order chi connectivity index (χ1) is 11.1. The quantitative estimate of drug-likeness (QED) is 0.863. The summed E-state index contributed by atoms with van der Waals surface area (Å²) in [5, 5.41) is 4.38. The van der Waals surface area contributed by atoms with Crippen molar-refractivity contribution in [3.63, 3.8) is 0 Å². The number of carbonyl (C=O) groups excluding carboxylic acids is 1. The fourth-order valence-corrected chi connectivity index (χ4v) is 4.80. The molecule has 0 spiro atoms. The molecule has 0 unspecified atom stereocenters. The standard InChI is InChI=1S/C18H23N3OS/c1-12-9-19-20(10-12)11-14-4-3-7-21(14)18(22)16-8-15(16)17-6-5-13(2)23-17/h5-6,9-10,14-16H,3-4,7-8,11H2,1-2H3/t14-,15-,16-/m0/s1. The summed E-state index contributed by atoms with van der Waals surface area (Å²) in [5.41, 5.74) is 1.18. The van der Waals surface area contributed by atoms with Crippen LogP contribution in [0, 0.1) is 19.8 Å². The molecule has 5 heteroatoms. The molecular weight excluding hydrogens is 306 g/mol. The number of carbonyl (C=O) groups is 1. The van der Waals surface area contributed by atoms with Crippen molar-refractivity contribution in [1.82, 2.24) is 14.7 Å². The van der Waals surface area contributed by atoms with Crippen molar-refractivity contribution in [2.75, 3.05) is 6.54 Å². The Labute approximate surface area is 141 Å². The van der Waals surface area contributed by atoms with Crippen molar-refractivity contribution in [3.8, 4) is 0 Å². The molecule has 0 bridgehead atoms. The Bertz CT molecular complexity index is 719. The third-order valence-corrected chi connectivity index (χ3v) is 6.19. The molecule has 0 aromatic carbocycles. The monoisotopic (exact) mass is 329 g/mol. The van der Waals surface area contributed by atoms with E-state index in [4.69, 9.17) is 0 Å². The topological polar surface area (TPSA) is 38.1 Å². The van der Waals surface area contributed by atoms with Crippen LogP contribution in [0.2, 0.25) is 0 Å². The van der Waals surface area contributed by atoms with Gasteiger partial charge in [-0.05, 0) is 50.8 Å². The third kappa shape index (κ3) is 2.94. The van der Waals surface area contributed by atoms with E-state index in [1.807, 2.05) is 22.2 Å². The summed E-state index contributed by atoms with van der Waals surface area (Å²) in [4.78, 5) is 17.8. The molecule has 1 aliphatic heterocycles. The fraction of sp³-hybridized carbons (Fsp3) is 0.556. The number of aromatic nitrogens is 2. The Morgan fingerprint density at radius 2 is 2.26 bits per heavy atom. The first-order valence-corrected chi connectivity index (χ1v) is 9.29. The average Bonchev–Trinajstić information content (AvgIpc) is 2.86. The Morgan fingerprint density at radius 3 is 2.96 bits per heavy atom. The summed E-state index contributed by atoms with van der Waals surface area (Å²) in [6.07, 6.45) is 7.20. The second-order valence-corrected chi connectivity index (χ2v) is 8.28. The molecule has 1 amide bonds. The number of likely N-dealkylation sites (tertiary alicyclic amines) is 1. The molecule has 3 heterocycles. The van der Waals surface area contributed by atoms with E-state index in [9.17, 15) is 4.79 Å². The smallest absolute Gasteiger partial charge is 0.226 e. The van der Waals surface area contributed by atoms with Crippen LogP contribution in [0.5, 0.6) is 0 Å².